The van der Waals surface area contributed by atoms with Crippen LogP contribution in [0.3, 0.4) is 0 Å². The van der Waals surface area contributed by atoms with E-state index in [1.54, 1.807) is 11.3 Å². The van der Waals surface area contributed by atoms with Crippen molar-refractivity contribution in [2.45, 2.75) is 38.8 Å². The van der Waals surface area contributed by atoms with Crippen LogP contribution in [0.4, 0.5) is 0 Å². The fourth-order valence-corrected chi connectivity index (χ4v) is 2.13. The van der Waals surface area contributed by atoms with Crippen molar-refractivity contribution in [3.8, 4) is 0 Å². The predicted octanol–water partition coefficient (Wildman–Crippen LogP) is 1.83. The van der Waals surface area contributed by atoms with Gasteiger partial charge in [0.05, 0.1) is 11.1 Å². The Kier molecular flexibility index (Phi) is 5.07. The molecule has 0 aliphatic rings. The first-order chi connectivity index (χ1) is 6.77. The van der Waals surface area contributed by atoms with Crippen LogP contribution >= 0.6 is 11.3 Å². The van der Waals surface area contributed by atoms with Gasteiger partial charge >= 0.3 is 0 Å². The van der Waals surface area contributed by atoms with Crippen LogP contribution in [-0.2, 0) is 11.2 Å². The van der Waals surface area contributed by atoms with Crippen LogP contribution in [0.5, 0.6) is 0 Å². The van der Waals surface area contributed by atoms with Crippen LogP contribution in [-0.4, -0.2) is 23.7 Å². The summed E-state index contributed by atoms with van der Waals surface area (Å²) in [6.07, 6.45) is 3.74. The third-order valence-electron chi connectivity index (χ3n) is 2.15. The number of hydrogen-bond acceptors (Lipinski definition) is 4. The molecule has 0 aliphatic carbocycles. The van der Waals surface area contributed by atoms with E-state index < -0.39 is 0 Å². The summed E-state index contributed by atoms with van der Waals surface area (Å²) in [6, 6.07) is 0.0612. The second-order valence-corrected chi connectivity index (χ2v) is 4.17. The summed E-state index contributed by atoms with van der Waals surface area (Å²) in [6.45, 7) is 4.82. The lowest BCUT2D eigenvalue weighted by Gasteiger charge is -2.21. The summed E-state index contributed by atoms with van der Waals surface area (Å²) in [5, 5.41) is 3.07. The van der Waals surface area contributed by atoms with Crippen molar-refractivity contribution >= 4 is 11.3 Å². The number of thiazole rings is 1. The molecule has 4 heteroatoms. The fraction of sp³-hybridized carbons (Fsp3) is 0.700. The molecular formula is C10H18N2OS. The molecule has 0 saturated carbocycles. The molecular weight excluding hydrogens is 196 g/mol. The predicted molar refractivity (Wildman–Crippen MR) is 59.5 cm³/mol. The monoisotopic (exact) mass is 214 g/mol. The summed E-state index contributed by atoms with van der Waals surface area (Å²) in [4.78, 5) is 4.22. The van der Waals surface area contributed by atoms with Crippen LogP contribution < -0.4 is 5.73 Å². The normalized spacial score (nSPS) is 15.4. The molecule has 3 nitrogen and oxygen atoms in total. The van der Waals surface area contributed by atoms with Crippen LogP contribution in [0.25, 0.3) is 0 Å². The molecule has 80 valence electrons. The van der Waals surface area contributed by atoms with Crippen molar-refractivity contribution < 1.29 is 4.74 Å². The first kappa shape index (κ1) is 11.6. The maximum atomic E-state index is 6.05. The van der Waals surface area contributed by atoms with Crippen molar-refractivity contribution in [3.63, 3.8) is 0 Å². The molecule has 1 heterocycles. The standard InChI is InChI=1S/C10H18N2OS/c1-3-9(13-4-2)8(11)7-10-12-5-6-14-10/h5-6,8-9H,3-4,7,11H2,1-2H3. The SMILES string of the molecule is CCOC(CC)C(N)Cc1nccs1. The lowest BCUT2D eigenvalue weighted by Crippen LogP contribution is -2.38. The van der Waals surface area contributed by atoms with Gasteiger partial charge in [0.2, 0.25) is 0 Å². The van der Waals surface area contributed by atoms with E-state index in [-0.39, 0.29) is 12.1 Å². The van der Waals surface area contributed by atoms with Crippen LogP contribution in [0.1, 0.15) is 25.3 Å². The summed E-state index contributed by atoms with van der Waals surface area (Å²) in [7, 11) is 0. The van der Waals surface area contributed by atoms with Crippen molar-refractivity contribution in [2.24, 2.45) is 5.73 Å². The number of hydrogen-bond donors (Lipinski definition) is 1. The van der Waals surface area contributed by atoms with Crippen molar-refractivity contribution in [1.29, 1.82) is 0 Å². The Morgan fingerprint density at radius 3 is 2.86 bits per heavy atom. The second-order valence-electron chi connectivity index (χ2n) is 3.20. The van der Waals surface area contributed by atoms with Gasteiger partial charge in [-0.3, -0.25) is 0 Å². The third kappa shape index (κ3) is 3.36. The average molecular weight is 214 g/mol. The average Bonchev–Trinajstić information content (AvgIpc) is 2.66. The summed E-state index contributed by atoms with van der Waals surface area (Å²) in [5.41, 5.74) is 6.05. The molecule has 2 N–H and O–H groups in total. The van der Waals surface area contributed by atoms with Gasteiger partial charge < -0.3 is 10.5 Å². The topological polar surface area (TPSA) is 48.1 Å². The van der Waals surface area contributed by atoms with Crippen molar-refractivity contribution in [2.75, 3.05) is 6.61 Å². The van der Waals surface area contributed by atoms with Gasteiger partial charge in [-0.05, 0) is 13.3 Å². The zero-order chi connectivity index (χ0) is 10.4. The maximum Gasteiger partial charge on any atom is 0.0941 e. The number of ether oxygens (including phenoxy) is 1. The molecule has 14 heavy (non-hydrogen) atoms. The van der Waals surface area contributed by atoms with E-state index in [4.69, 9.17) is 10.5 Å². The van der Waals surface area contributed by atoms with E-state index in [2.05, 4.69) is 11.9 Å². The quantitative estimate of drug-likeness (QED) is 0.786. The lowest BCUT2D eigenvalue weighted by atomic mass is 10.1. The Hall–Kier alpha value is -0.450. The molecule has 2 atom stereocenters. The molecule has 1 aromatic heterocycles. The van der Waals surface area contributed by atoms with Crippen LogP contribution in [0, 0.1) is 0 Å². The maximum absolute atomic E-state index is 6.05. The molecule has 1 rings (SSSR count). The first-order valence-electron chi connectivity index (χ1n) is 5.03. The van der Waals surface area contributed by atoms with E-state index in [9.17, 15) is 0 Å². The largest absolute Gasteiger partial charge is 0.377 e. The highest BCUT2D eigenvalue weighted by Gasteiger charge is 2.17. The van der Waals surface area contributed by atoms with Gasteiger partial charge in [-0.1, -0.05) is 6.92 Å². The smallest absolute Gasteiger partial charge is 0.0941 e. The van der Waals surface area contributed by atoms with E-state index in [1.807, 2.05) is 18.5 Å². The van der Waals surface area contributed by atoms with Gasteiger partial charge in [-0.2, -0.15) is 0 Å². The van der Waals surface area contributed by atoms with Gasteiger partial charge in [0.1, 0.15) is 0 Å². The van der Waals surface area contributed by atoms with Crippen LogP contribution in [0.2, 0.25) is 0 Å². The molecule has 0 aromatic carbocycles. The van der Waals surface area contributed by atoms with E-state index in [1.165, 1.54) is 0 Å². The second kappa shape index (κ2) is 6.11. The Morgan fingerprint density at radius 2 is 2.36 bits per heavy atom. The molecule has 2 unspecified atom stereocenters. The zero-order valence-corrected chi connectivity index (χ0v) is 9.59. The van der Waals surface area contributed by atoms with Gasteiger partial charge in [0, 0.05) is 30.6 Å². The van der Waals surface area contributed by atoms with Crippen molar-refractivity contribution in [1.82, 2.24) is 4.98 Å². The molecule has 1 aromatic rings. The van der Waals surface area contributed by atoms with Gasteiger partial charge in [-0.25, -0.2) is 4.98 Å². The molecule has 0 fully saturated rings. The zero-order valence-electron chi connectivity index (χ0n) is 8.77. The minimum atomic E-state index is 0.0612. The van der Waals surface area contributed by atoms with Gasteiger partial charge in [0.25, 0.3) is 0 Å². The molecule has 0 bridgehead atoms. The van der Waals surface area contributed by atoms with E-state index in [0.29, 0.717) is 0 Å². The third-order valence-corrected chi connectivity index (χ3v) is 2.96. The highest BCUT2D eigenvalue weighted by atomic mass is 32.1. The highest BCUT2D eigenvalue weighted by Crippen LogP contribution is 2.11. The molecule has 0 radical (unpaired) electrons. The molecule has 0 spiro atoms. The van der Waals surface area contributed by atoms with E-state index in [0.717, 1.165) is 24.5 Å². The first-order valence-corrected chi connectivity index (χ1v) is 5.91. The van der Waals surface area contributed by atoms with Gasteiger partial charge in [-0.15, -0.1) is 11.3 Å². The number of nitrogens with zero attached hydrogens (tertiary/aromatic N) is 1. The number of rotatable bonds is 6. The Balaban J connectivity index is 2.43. The molecule has 0 aliphatic heterocycles. The van der Waals surface area contributed by atoms with E-state index >= 15 is 0 Å². The Bertz CT molecular complexity index is 238. The molecule has 0 saturated heterocycles. The Labute approximate surface area is 89.3 Å². The summed E-state index contributed by atoms with van der Waals surface area (Å²) < 4.78 is 5.55. The lowest BCUT2D eigenvalue weighted by molar-refractivity contribution is 0.0417. The summed E-state index contributed by atoms with van der Waals surface area (Å²) in [5.74, 6) is 0. The fourth-order valence-electron chi connectivity index (χ4n) is 1.45. The van der Waals surface area contributed by atoms with Crippen LogP contribution in [0.15, 0.2) is 11.6 Å². The summed E-state index contributed by atoms with van der Waals surface area (Å²) >= 11 is 1.65. The van der Waals surface area contributed by atoms with Crippen molar-refractivity contribution in [3.05, 3.63) is 16.6 Å². The van der Waals surface area contributed by atoms with Gasteiger partial charge in [0.15, 0.2) is 0 Å². The minimum absolute atomic E-state index is 0.0612. The number of nitrogens with two attached hydrogens (primary N) is 1. The number of aromatic nitrogens is 1. The minimum Gasteiger partial charge on any atom is -0.377 e. The highest BCUT2D eigenvalue weighted by molar-refractivity contribution is 7.09. The molecule has 0 amide bonds. The Morgan fingerprint density at radius 1 is 1.57 bits per heavy atom.